The van der Waals surface area contributed by atoms with Gasteiger partial charge >= 0.3 is 17.9 Å². The lowest BCUT2D eigenvalue weighted by Gasteiger charge is -2.18. The molecule has 8 nitrogen and oxygen atoms in total. The van der Waals surface area contributed by atoms with Crippen molar-refractivity contribution in [1.82, 2.24) is 0 Å². The molecule has 0 aromatic heterocycles. The average molecular weight is 519 g/mol. The van der Waals surface area contributed by atoms with Crippen LogP contribution in [-0.2, 0) is 14.4 Å². The minimum Gasteiger partial charge on any atom is -0.481 e. The van der Waals surface area contributed by atoms with Gasteiger partial charge in [0.1, 0.15) is 0 Å². The molecule has 8 heteroatoms. The van der Waals surface area contributed by atoms with Crippen LogP contribution in [-0.4, -0.2) is 55.6 Å². The maximum atomic E-state index is 10.3. The summed E-state index contributed by atoms with van der Waals surface area (Å²) in [5.41, 5.74) is -2.74. The number of rotatable bonds is 25. The van der Waals surface area contributed by atoms with Crippen molar-refractivity contribution in [2.24, 2.45) is 0 Å². The number of carbonyl (C=O) groups is 3. The van der Waals surface area contributed by atoms with Crippen LogP contribution in [0.2, 0.25) is 0 Å². The second-order valence-corrected chi connectivity index (χ2v) is 9.92. The van der Waals surface area contributed by atoms with Crippen LogP contribution >= 0.6 is 0 Å². The Kier molecular flexibility index (Phi) is 26.8. The molecule has 0 bridgehead atoms. The van der Waals surface area contributed by atoms with Gasteiger partial charge in [0.05, 0.1) is 12.8 Å². The maximum absolute atomic E-state index is 10.3. The molecule has 0 aromatic carbocycles. The van der Waals surface area contributed by atoms with Gasteiger partial charge in [-0.05, 0) is 6.42 Å². The molecule has 214 valence electrons. The van der Waals surface area contributed by atoms with Crippen LogP contribution in [0, 0.1) is 0 Å². The van der Waals surface area contributed by atoms with Gasteiger partial charge in [-0.15, -0.1) is 0 Å². The number of aliphatic hydroxyl groups is 2. The van der Waals surface area contributed by atoms with Gasteiger partial charge in [0.15, 0.2) is 5.60 Å². The van der Waals surface area contributed by atoms with Crippen molar-refractivity contribution < 1.29 is 39.9 Å². The van der Waals surface area contributed by atoms with Crippen molar-refractivity contribution in [3.05, 3.63) is 0 Å². The number of carboxylic acids is 3. The molecule has 5 N–H and O–H groups in total. The molecule has 0 amide bonds. The Morgan fingerprint density at radius 3 is 0.944 bits per heavy atom. The number of aliphatic hydroxyl groups excluding tert-OH is 1. The molecule has 0 aliphatic heterocycles. The molecule has 0 saturated carbocycles. The zero-order valence-corrected chi connectivity index (χ0v) is 22.7. The predicted molar refractivity (Wildman–Crippen MR) is 142 cm³/mol. The largest absolute Gasteiger partial charge is 0.481 e. The molecule has 0 radical (unpaired) electrons. The molecule has 0 aliphatic carbocycles. The number of aliphatic carboxylic acids is 3. The molecule has 0 rings (SSSR count). The van der Waals surface area contributed by atoms with E-state index in [1.165, 1.54) is 122 Å². The third-order valence-electron chi connectivity index (χ3n) is 6.30. The molecule has 36 heavy (non-hydrogen) atoms. The molecule has 0 spiro atoms. The zero-order chi connectivity index (χ0) is 27.5. The second kappa shape index (κ2) is 26.4. The summed E-state index contributed by atoms with van der Waals surface area (Å²) < 4.78 is 0. The Hall–Kier alpha value is -1.67. The quantitative estimate of drug-likeness (QED) is 0.0853. The maximum Gasteiger partial charge on any atom is 0.336 e. The normalized spacial score (nSPS) is 11.1. The van der Waals surface area contributed by atoms with Gasteiger partial charge in [-0.25, -0.2) is 4.79 Å². The lowest BCUT2D eigenvalue weighted by Crippen LogP contribution is -2.42. The van der Waals surface area contributed by atoms with Crippen LogP contribution in [0.4, 0.5) is 0 Å². The van der Waals surface area contributed by atoms with Crippen LogP contribution in [0.15, 0.2) is 0 Å². The third-order valence-corrected chi connectivity index (χ3v) is 6.30. The Bertz CT molecular complexity index is 500. The van der Waals surface area contributed by atoms with Crippen molar-refractivity contribution in [3.63, 3.8) is 0 Å². The predicted octanol–water partition coefficient (Wildman–Crippen LogP) is 6.55. The van der Waals surface area contributed by atoms with E-state index in [1.807, 2.05) is 0 Å². The number of hydrogen-bond donors (Lipinski definition) is 5. The van der Waals surface area contributed by atoms with Crippen molar-refractivity contribution in [2.75, 3.05) is 6.61 Å². The third kappa shape index (κ3) is 26.9. The highest BCUT2D eigenvalue weighted by molar-refractivity contribution is 5.88. The average Bonchev–Trinajstić information content (AvgIpc) is 2.80. The summed E-state index contributed by atoms with van der Waals surface area (Å²) in [5.74, 6) is -5.02. The van der Waals surface area contributed by atoms with E-state index in [0.29, 0.717) is 6.61 Å². The summed E-state index contributed by atoms with van der Waals surface area (Å²) >= 11 is 0. The van der Waals surface area contributed by atoms with Crippen molar-refractivity contribution >= 4 is 17.9 Å². The molecule has 0 aromatic rings. The summed E-state index contributed by atoms with van der Waals surface area (Å²) in [6.45, 7) is 2.67. The highest BCUT2D eigenvalue weighted by Crippen LogP contribution is 2.16. The summed E-state index contributed by atoms with van der Waals surface area (Å²) in [6, 6.07) is 0. The van der Waals surface area contributed by atoms with E-state index >= 15 is 0 Å². The summed E-state index contributed by atoms with van der Waals surface area (Å²) in [4.78, 5) is 30.5. The van der Waals surface area contributed by atoms with Crippen molar-refractivity contribution in [1.29, 1.82) is 0 Å². The van der Waals surface area contributed by atoms with Crippen molar-refractivity contribution in [3.8, 4) is 0 Å². The Labute approximate surface area is 218 Å². The van der Waals surface area contributed by atoms with Gasteiger partial charge in [-0.3, -0.25) is 9.59 Å². The minimum atomic E-state index is -2.74. The molecule has 0 aliphatic rings. The molecular weight excluding hydrogens is 464 g/mol. The van der Waals surface area contributed by atoms with Crippen LogP contribution in [0.3, 0.4) is 0 Å². The zero-order valence-electron chi connectivity index (χ0n) is 22.7. The minimum absolute atomic E-state index is 0.374. The Morgan fingerprint density at radius 1 is 0.500 bits per heavy atom. The van der Waals surface area contributed by atoms with E-state index in [4.69, 9.17) is 25.5 Å². The highest BCUT2D eigenvalue weighted by Gasteiger charge is 2.40. The fourth-order valence-electron chi connectivity index (χ4n) is 4.08. The first-order chi connectivity index (χ1) is 17.2. The highest BCUT2D eigenvalue weighted by atomic mass is 16.4. The Balaban J connectivity index is 0. The molecular formula is C28H54O8. The molecule has 0 unspecified atom stereocenters. The lowest BCUT2D eigenvalue weighted by molar-refractivity contribution is -0.170. The standard InChI is InChI=1S/C22H46O.C6H8O7/c1-2-3-4-5-6-7-8-9-10-11-12-13-14-15-16-17-18-19-20-21-22-23;7-3(8)1-6(13,5(11)12)2-4(9)10/h23H,2-22H2,1H3;13H,1-2H2,(H,7,8)(H,9,10)(H,11,12). The van der Waals surface area contributed by atoms with E-state index in [-0.39, 0.29) is 0 Å². The number of hydrogen-bond acceptors (Lipinski definition) is 5. The SMILES string of the molecule is CCCCCCCCCCCCCCCCCCCCCCO.O=C(O)CC(O)(CC(=O)O)C(=O)O. The fourth-order valence-corrected chi connectivity index (χ4v) is 4.08. The lowest BCUT2D eigenvalue weighted by atomic mass is 9.96. The van der Waals surface area contributed by atoms with Crippen LogP contribution < -0.4 is 0 Å². The molecule has 0 saturated heterocycles. The van der Waals surface area contributed by atoms with Gasteiger partial charge in [-0.2, -0.15) is 0 Å². The fraction of sp³-hybridized carbons (Fsp3) is 0.893. The van der Waals surface area contributed by atoms with Gasteiger partial charge < -0.3 is 25.5 Å². The van der Waals surface area contributed by atoms with Gasteiger partial charge in [0, 0.05) is 6.61 Å². The van der Waals surface area contributed by atoms with Gasteiger partial charge in [0.2, 0.25) is 0 Å². The van der Waals surface area contributed by atoms with E-state index in [0.717, 1.165) is 6.42 Å². The van der Waals surface area contributed by atoms with Gasteiger partial charge in [0.25, 0.3) is 0 Å². The van der Waals surface area contributed by atoms with Crippen LogP contribution in [0.25, 0.3) is 0 Å². The smallest absolute Gasteiger partial charge is 0.336 e. The first kappa shape index (κ1) is 36.5. The van der Waals surface area contributed by atoms with E-state index < -0.39 is 36.4 Å². The first-order valence-corrected chi connectivity index (χ1v) is 14.2. The summed E-state index contributed by atoms with van der Waals surface area (Å²) in [6.07, 6.45) is 25.8. The summed E-state index contributed by atoms with van der Waals surface area (Å²) in [7, 11) is 0. The van der Waals surface area contributed by atoms with E-state index in [1.54, 1.807) is 0 Å². The second-order valence-electron chi connectivity index (χ2n) is 9.92. The molecule has 0 heterocycles. The van der Waals surface area contributed by atoms with E-state index in [2.05, 4.69) is 6.92 Å². The Morgan fingerprint density at radius 2 is 0.750 bits per heavy atom. The van der Waals surface area contributed by atoms with E-state index in [9.17, 15) is 14.4 Å². The topological polar surface area (TPSA) is 152 Å². The van der Waals surface area contributed by atoms with Crippen molar-refractivity contribution in [2.45, 2.75) is 154 Å². The molecule has 0 atom stereocenters. The number of carboxylic acid groups (broad SMARTS) is 3. The monoisotopic (exact) mass is 518 g/mol. The molecule has 0 fully saturated rings. The van der Waals surface area contributed by atoms with Crippen LogP contribution in [0.5, 0.6) is 0 Å². The summed E-state index contributed by atoms with van der Waals surface area (Å²) in [5, 5.41) is 42.5. The first-order valence-electron chi connectivity index (χ1n) is 14.2. The number of unbranched alkanes of at least 4 members (excludes halogenated alkanes) is 19. The van der Waals surface area contributed by atoms with Gasteiger partial charge in [-0.1, -0.05) is 129 Å². The van der Waals surface area contributed by atoms with Crippen LogP contribution in [0.1, 0.15) is 148 Å².